The molecule has 1 aliphatic rings. The molecule has 1 fully saturated rings. The van der Waals surface area contributed by atoms with Crippen molar-refractivity contribution in [3.05, 3.63) is 35.5 Å². The highest BCUT2D eigenvalue weighted by atomic mass is 35.5. The molecular weight excluding hydrogens is 456 g/mol. The Hall–Kier alpha value is -2.99. The summed E-state index contributed by atoms with van der Waals surface area (Å²) in [6.07, 6.45) is -2.72. The maximum Gasteiger partial charge on any atom is 0.416 e. The van der Waals surface area contributed by atoms with Gasteiger partial charge in [-0.25, -0.2) is 19.3 Å². The quantitative estimate of drug-likeness (QED) is 0.493. The summed E-state index contributed by atoms with van der Waals surface area (Å²) < 4.78 is 52.1. The van der Waals surface area contributed by atoms with Gasteiger partial charge in [-0.1, -0.05) is 11.6 Å². The molecule has 4 heterocycles. The van der Waals surface area contributed by atoms with Crippen LogP contribution in [0.3, 0.4) is 0 Å². The molecule has 0 aromatic carbocycles. The molecule has 4 rings (SSSR count). The smallest absolute Gasteiger partial charge is 0.382 e. The average Bonchev–Trinajstić information content (AvgIpc) is 3.38. The molecular formula is C19H17ClF4N6O2. The number of alkyl halides is 3. The van der Waals surface area contributed by atoms with Crippen LogP contribution in [0.25, 0.3) is 22.4 Å². The number of carbonyl (C=O) groups excluding carboxylic acids is 1. The lowest BCUT2D eigenvalue weighted by Crippen LogP contribution is -2.48. The fourth-order valence-electron chi connectivity index (χ4n) is 3.58. The molecule has 8 nitrogen and oxygen atoms in total. The molecule has 0 bridgehead atoms. The largest absolute Gasteiger partial charge is 0.416 e. The SMILES string of the molecule is O=C(NCC(O)C(F)(F)F)[C@H]1CCCN1c1nc(-c2c[nH]c3ncc(Cl)cc23)ncc1F. The van der Waals surface area contributed by atoms with Crippen LogP contribution in [0.1, 0.15) is 12.8 Å². The Balaban J connectivity index is 1.60. The summed E-state index contributed by atoms with van der Waals surface area (Å²) in [6.45, 7) is -0.720. The topological polar surface area (TPSA) is 107 Å². The molecule has 3 N–H and O–H groups in total. The predicted octanol–water partition coefficient (Wildman–Crippen LogP) is 2.82. The number of H-pyrrole nitrogens is 1. The Labute approximate surface area is 183 Å². The minimum absolute atomic E-state index is 0.145. The summed E-state index contributed by atoms with van der Waals surface area (Å²) in [5.74, 6) is -1.52. The van der Waals surface area contributed by atoms with Crippen molar-refractivity contribution in [1.29, 1.82) is 0 Å². The summed E-state index contributed by atoms with van der Waals surface area (Å²) >= 11 is 6.01. The highest BCUT2D eigenvalue weighted by Gasteiger charge is 2.39. The number of nitrogens with one attached hydrogen (secondary N) is 2. The van der Waals surface area contributed by atoms with E-state index in [4.69, 9.17) is 16.7 Å². The first kappa shape index (κ1) is 22.2. The van der Waals surface area contributed by atoms with Crippen LogP contribution in [0.15, 0.2) is 24.7 Å². The Morgan fingerprint density at radius 1 is 1.38 bits per heavy atom. The molecule has 170 valence electrons. The van der Waals surface area contributed by atoms with Gasteiger partial charge < -0.3 is 20.3 Å². The summed E-state index contributed by atoms with van der Waals surface area (Å²) in [4.78, 5) is 29.3. The number of aliphatic hydroxyl groups excluding tert-OH is 1. The number of halogens is 5. The lowest BCUT2D eigenvalue weighted by molar-refractivity contribution is -0.201. The highest BCUT2D eigenvalue weighted by molar-refractivity contribution is 6.31. The van der Waals surface area contributed by atoms with Crippen molar-refractivity contribution in [3.8, 4) is 11.4 Å². The number of aliphatic hydroxyl groups is 1. The Morgan fingerprint density at radius 3 is 2.91 bits per heavy atom. The monoisotopic (exact) mass is 472 g/mol. The first-order chi connectivity index (χ1) is 15.1. The minimum Gasteiger partial charge on any atom is -0.382 e. The normalized spacial score (nSPS) is 17.7. The van der Waals surface area contributed by atoms with Gasteiger partial charge in [0.15, 0.2) is 23.6 Å². The Kier molecular flexibility index (Phi) is 5.91. The zero-order chi connectivity index (χ0) is 23.0. The Bertz CT molecular complexity index is 1150. The molecule has 2 atom stereocenters. The number of hydrogen-bond donors (Lipinski definition) is 3. The summed E-state index contributed by atoms with van der Waals surface area (Å²) in [7, 11) is 0. The van der Waals surface area contributed by atoms with Crippen LogP contribution >= 0.6 is 11.6 Å². The van der Waals surface area contributed by atoms with Gasteiger partial charge in [-0.2, -0.15) is 13.2 Å². The number of anilines is 1. The van der Waals surface area contributed by atoms with Crippen LogP contribution in [-0.4, -0.2) is 62.4 Å². The maximum absolute atomic E-state index is 14.6. The zero-order valence-electron chi connectivity index (χ0n) is 16.3. The lowest BCUT2D eigenvalue weighted by Gasteiger charge is -2.26. The molecule has 0 saturated carbocycles. The van der Waals surface area contributed by atoms with E-state index in [1.54, 1.807) is 12.3 Å². The molecule has 1 aliphatic heterocycles. The van der Waals surface area contributed by atoms with Crippen LogP contribution in [0, 0.1) is 5.82 Å². The van der Waals surface area contributed by atoms with E-state index in [2.05, 4.69) is 25.3 Å². The van der Waals surface area contributed by atoms with Gasteiger partial charge in [0.2, 0.25) is 5.91 Å². The zero-order valence-corrected chi connectivity index (χ0v) is 17.1. The van der Waals surface area contributed by atoms with Crippen molar-refractivity contribution in [2.75, 3.05) is 18.0 Å². The van der Waals surface area contributed by atoms with Crippen LogP contribution in [0.5, 0.6) is 0 Å². The fraction of sp³-hybridized carbons (Fsp3) is 0.368. The molecule has 1 amide bonds. The first-order valence-corrected chi connectivity index (χ1v) is 9.97. The van der Waals surface area contributed by atoms with Gasteiger partial charge in [-0.3, -0.25) is 4.79 Å². The molecule has 0 radical (unpaired) electrons. The van der Waals surface area contributed by atoms with E-state index < -0.39 is 36.6 Å². The molecule has 0 spiro atoms. The minimum atomic E-state index is -4.85. The first-order valence-electron chi connectivity index (χ1n) is 9.60. The number of carbonyl (C=O) groups is 1. The van der Waals surface area contributed by atoms with Crippen molar-refractivity contribution in [3.63, 3.8) is 0 Å². The second-order valence-electron chi connectivity index (χ2n) is 7.27. The Morgan fingerprint density at radius 2 is 2.16 bits per heavy atom. The van der Waals surface area contributed by atoms with E-state index >= 15 is 0 Å². The summed E-state index contributed by atoms with van der Waals surface area (Å²) in [5, 5.41) is 12.2. The molecule has 1 unspecified atom stereocenters. The van der Waals surface area contributed by atoms with E-state index in [-0.39, 0.29) is 18.2 Å². The number of aromatic amines is 1. The van der Waals surface area contributed by atoms with Crippen LogP contribution in [0.2, 0.25) is 5.02 Å². The van der Waals surface area contributed by atoms with Gasteiger partial charge in [0.05, 0.1) is 17.8 Å². The summed E-state index contributed by atoms with van der Waals surface area (Å²) in [5.41, 5.74) is 1.05. The van der Waals surface area contributed by atoms with Crippen molar-refractivity contribution in [2.24, 2.45) is 0 Å². The standard InChI is InChI=1S/C19H17ClF4N6O2/c20-9-4-10-11(6-26-15(10)25-5-9)16-27-7-12(21)17(29-16)30-3-1-2-13(30)18(32)28-8-14(31)19(22,23)24/h4-7,13-14,31H,1-3,8H2,(H,25,26)(H,28,32)/t13-,14?/m1/s1. The van der Waals surface area contributed by atoms with Crippen molar-refractivity contribution >= 4 is 34.4 Å². The van der Waals surface area contributed by atoms with E-state index in [9.17, 15) is 22.4 Å². The number of pyridine rings is 1. The van der Waals surface area contributed by atoms with Crippen molar-refractivity contribution < 1.29 is 27.5 Å². The molecule has 13 heteroatoms. The number of fused-ring (bicyclic) bond motifs is 1. The van der Waals surface area contributed by atoms with Crippen LogP contribution in [0.4, 0.5) is 23.4 Å². The van der Waals surface area contributed by atoms with Gasteiger partial charge >= 0.3 is 6.18 Å². The number of hydrogen-bond acceptors (Lipinski definition) is 6. The van der Waals surface area contributed by atoms with Crippen molar-refractivity contribution in [1.82, 2.24) is 25.3 Å². The van der Waals surface area contributed by atoms with Crippen LogP contribution < -0.4 is 10.2 Å². The fourth-order valence-corrected chi connectivity index (χ4v) is 3.73. The van der Waals surface area contributed by atoms with E-state index in [1.165, 1.54) is 11.1 Å². The van der Waals surface area contributed by atoms with Gasteiger partial charge in [-0.15, -0.1) is 0 Å². The third kappa shape index (κ3) is 4.32. The highest BCUT2D eigenvalue weighted by Crippen LogP contribution is 2.31. The number of aromatic nitrogens is 4. The second kappa shape index (κ2) is 8.51. The van der Waals surface area contributed by atoms with E-state index in [1.807, 2.05) is 0 Å². The molecule has 3 aromatic heterocycles. The van der Waals surface area contributed by atoms with Gasteiger partial charge in [-0.05, 0) is 18.9 Å². The van der Waals surface area contributed by atoms with E-state index in [0.29, 0.717) is 34.5 Å². The van der Waals surface area contributed by atoms with Crippen LogP contribution in [-0.2, 0) is 4.79 Å². The lowest BCUT2D eigenvalue weighted by atomic mass is 10.2. The molecule has 1 saturated heterocycles. The van der Waals surface area contributed by atoms with E-state index in [0.717, 1.165) is 6.20 Å². The molecule has 3 aromatic rings. The third-order valence-electron chi connectivity index (χ3n) is 5.14. The molecule has 32 heavy (non-hydrogen) atoms. The maximum atomic E-state index is 14.6. The van der Waals surface area contributed by atoms with Gasteiger partial charge in [0.25, 0.3) is 0 Å². The van der Waals surface area contributed by atoms with Gasteiger partial charge in [0, 0.05) is 29.9 Å². The predicted molar refractivity (Wildman–Crippen MR) is 108 cm³/mol. The summed E-state index contributed by atoms with van der Waals surface area (Å²) in [6, 6.07) is 0.715. The third-order valence-corrected chi connectivity index (χ3v) is 5.35. The number of nitrogens with zero attached hydrogens (tertiary/aromatic N) is 4. The molecule has 0 aliphatic carbocycles. The number of amides is 1. The van der Waals surface area contributed by atoms with Crippen molar-refractivity contribution in [2.45, 2.75) is 31.2 Å². The van der Waals surface area contributed by atoms with Gasteiger partial charge in [0.1, 0.15) is 11.7 Å². The average molecular weight is 473 g/mol. The number of rotatable bonds is 5. The second-order valence-corrected chi connectivity index (χ2v) is 7.71.